The molecular weight excluding hydrogens is 322 g/mol. The Morgan fingerprint density at radius 2 is 1.62 bits per heavy atom. The van der Waals surface area contributed by atoms with Gasteiger partial charge < -0.3 is 10.6 Å². The third-order valence-corrected chi connectivity index (χ3v) is 4.36. The maximum Gasteiger partial charge on any atom is 0.257 e. The van der Waals surface area contributed by atoms with Gasteiger partial charge in [0, 0.05) is 17.6 Å². The Labute approximate surface area is 154 Å². The fourth-order valence-corrected chi connectivity index (χ4v) is 2.93. The van der Waals surface area contributed by atoms with E-state index in [0.717, 1.165) is 28.2 Å². The van der Waals surface area contributed by atoms with Crippen LogP contribution in [0.2, 0.25) is 0 Å². The summed E-state index contributed by atoms with van der Waals surface area (Å²) < 4.78 is 0. The van der Waals surface area contributed by atoms with Gasteiger partial charge in [0.25, 0.3) is 5.91 Å². The highest BCUT2D eigenvalue weighted by molar-refractivity contribution is 6.05. The molecule has 1 amide bonds. The molecule has 0 radical (unpaired) electrons. The molecule has 0 aliphatic rings. The molecule has 0 unspecified atom stereocenters. The number of hydrogen-bond donors (Lipinski definition) is 2. The first kappa shape index (κ1) is 17.7. The van der Waals surface area contributed by atoms with Crippen molar-refractivity contribution in [2.45, 2.75) is 27.7 Å². The van der Waals surface area contributed by atoms with E-state index in [1.165, 1.54) is 11.1 Å². The molecule has 2 N–H and O–H groups in total. The highest BCUT2D eigenvalue weighted by Gasteiger charge is 2.10. The van der Waals surface area contributed by atoms with Crippen molar-refractivity contribution in [3.05, 3.63) is 82.7 Å². The van der Waals surface area contributed by atoms with Gasteiger partial charge in [-0.1, -0.05) is 18.2 Å². The van der Waals surface area contributed by atoms with Crippen molar-refractivity contribution in [1.82, 2.24) is 4.98 Å². The van der Waals surface area contributed by atoms with E-state index in [2.05, 4.69) is 47.7 Å². The number of benzene rings is 2. The molecule has 0 saturated carbocycles. The molecule has 4 heteroatoms. The van der Waals surface area contributed by atoms with Gasteiger partial charge in [0.15, 0.2) is 0 Å². The minimum Gasteiger partial charge on any atom is -0.354 e. The first-order valence-corrected chi connectivity index (χ1v) is 8.60. The Balaban J connectivity index is 1.80. The van der Waals surface area contributed by atoms with Crippen LogP contribution in [0.5, 0.6) is 0 Å². The van der Waals surface area contributed by atoms with Crippen LogP contribution in [0.4, 0.5) is 17.1 Å². The van der Waals surface area contributed by atoms with Crippen LogP contribution in [0.3, 0.4) is 0 Å². The number of nitrogens with zero attached hydrogens (tertiary/aromatic N) is 1. The van der Waals surface area contributed by atoms with E-state index in [-0.39, 0.29) is 5.91 Å². The highest BCUT2D eigenvalue weighted by atomic mass is 16.1. The summed E-state index contributed by atoms with van der Waals surface area (Å²) in [5.41, 5.74) is 7.68. The van der Waals surface area contributed by atoms with E-state index < -0.39 is 0 Å². The number of nitrogens with one attached hydrogen (secondary N) is 2. The summed E-state index contributed by atoms with van der Waals surface area (Å²) in [5, 5.41) is 6.29. The minimum absolute atomic E-state index is 0.171. The topological polar surface area (TPSA) is 54.0 Å². The van der Waals surface area contributed by atoms with E-state index in [9.17, 15) is 4.79 Å². The fraction of sp³-hybridized carbons (Fsp3) is 0.182. The van der Waals surface area contributed by atoms with Gasteiger partial charge in [-0.2, -0.15) is 0 Å². The van der Waals surface area contributed by atoms with Crippen molar-refractivity contribution in [1.29, 1.82) is 0 Å². The Morgan fingerprint density at radius 1 is 0.885 bits per heavy atom. The number of anilines is 3. The number of aryl methyl sites for hydroxylation is 3. The molecule has 1 aromatic heterocycles. The first-order chi connectivity index (χ1) is 12.4. The molecule has 0 spiro atoms. The number of aromatic nitrogens is 1. The van der Waals surface area contributed by atoms with E-state index in [0.29, 0.717) is 5.56 Å². The van der Waals surface area contributed by atoms with E-state index in [4.69, 9.17) is 0 Å². The van der Waals surface area contributed by atoms with Gasteiger partial charge in [-0.15, -0.1) is 0 Å². The normalized spacial score (nSPS) is 10.5. The van der Waals surface area contributed by atoms with Crippen molar-refractivity contribution < 1.29 is 4.79 Å². The first-order valence-electron chi connectivity index (χ1n) is 8.60. The molecule has 3 aromatic rings. The summed E-state index contributed by atoms with van der Waals surface area (Å²) in [4.78, 5) is 16.8. The Hall–Kier alpha value is -3.14. The summed E-state index contributed by atoms with van der Waals surface area (Å²) in [6.07, 6.45) is 3.29. The lowest BCUT2D eigenvalue weighted by Gasteiger charge is -2.12. The molecule has 2 aromatic carbocycles. The van der Waals surface area contributed by atoms with Crippen LogP contribution in [-0.4, -0.2) is 10.9 Å². The number of rotatable bonds is 4. The molecule has 26 heavy (non-hydrogen) atoms. The standard InChI is InChI=1S/C22H23N3O/c1-14-8-15(2)10-19(9-14)24-20-11-18(12-23-13-20)22(26)25-21-7-5-6-16(3)17(21)4/h5-13,24H,1-4H3,(H,25,26). The number of carbonyl (C=O) groups is 1. The van der Waals surface area contributed by atoms with E-state index in [1.807, 2.05) is 38.1 Å². The Morgan fingerprint density at radius 3 is 2.35 bits per heavy atom. The smallest absolute Gasteiger partial charge is 0.257 e. The molecule has 3 rings (SSSR count). The molecular formula is C22H23N3O. The van der Waals surface area contributed by atoms with Crippen LogP contribution in [0.1, 0.15) is 32.6 Å². The Kier molecular flexibility index (Phi) is 5.03. The van der Waals surface area contributed by atoms with Crippen molar-refractivity contribution in [2.24, 2.45) is 0 Å². The van der Waals surface area contributed by atoms with Crippen LogP contribution < -0.4 is 10.6 Å². The van der Waals surface area contributed by atoms with Crippen LogP contribution in [0.15, 0.2) is 54.9 Å². The largest absolute Gasteiger partial charge is 0.354 e. The van der Waals surface area contributed by atoms with Gasteiger partial charge >= 0.3 is 0 Å². The van der Waals surface area contributed by atoms with Crippen molar-refractivity contribution in [2.75, 3.05) is 10.6 Å². The number of carbonyl (C=O) groups excluding carboxylic acids is 1. The monoisotopic (exact) mass is 345 g/mol. The summed E-state index contributed by atoms with van der Waals surface area (Å²) in [6, 6.07) is 13.9. The van der Waals surface area contributed by atoms with Gasteiger partial charge in [-0.3, -0.25) is 9.78 Å². The zero-order valence-corrected chi connectivity index (χ0v) is 15.6. The molecule has 4 nitrogen and oxygen atoms in total. The van der Waals surface area contributed by atoms with Gasteiger partial charge in [-0.05, 0) is 74.2 Å². The third-order valence-electron chi connectivity index (χ3n) is 4.36. The average molecular weight is 345 g/mol. The summed E-state index contributed by atoms with van der Waals surface area (Å²) >= 11 is 0. The minimum atomic E-state index is -0.171. The SMILES string of the molecule is Cc1cc(C)cc(Nc2cncc(C(=O)Nc3cccc(C)c3C)c2)c1. The van der Waals surface area contributed by atoms with Crippen LogP contribution in [-0.2, 0) is 0 Å². The molecule has 0 aliphatic carbocycles. The quantitative estimate of drug-likeness (QED) is 0.673. The second-order valence-corrected chi connectivity index (χ2v) is 6.67. The summed E-state index contributed by atoms with van der Waals surface area (Å²) in [7, 11) is 0. The summed E-state index contributed by atoms with van der Waals surface area (Å²) in [5.74, 6) is -0.171. The predicted molar refractivity (Wildman–Crippen MR) is 107 cm³/mol. The molecule has 0 bridgehead atoms. The maximum atomic E-state index is 12.6. The van der Waals surface area contributed by atoms with Crippen LogP contribution in [0, 0.1) is 27.7 Å². The lowest BCUT2D eigenvalue weighted by Crippen LogP contribution is -2.13. The van der Waals surface area contributed by atoms with Crippen molar-refractivity contribution >= 4 is 23.0 Å². The van der Waals surface area contributed by atoms with Crippen molar-refractivity contribution in [3.63, 3.8) is 0 Å². The van der Waals surface area contributed by atoms with Crippen LogP contribution >= 0.6 is 0 Å². The van der Waals surface area contributed by atoms with Crippen molar-refractivity contribution in [3.8, 4) is 0 Å². The highest BCUT2D eigenvalue weighted by Crippen LogP contribution is 2.22. The average Bonchev–Trinajstić information content (AvgIpc) is 2.58. The second-order valence-electron chi connectivity index (χ2n) is 6.67. The van der Waals surface area contributed by atoms with Gasteiger partial charge in [0.05, 0.1) is 17.4 Å². The van der Waals surface area contributed by atoms with Crippen LogP contribution in [0.25, 0.3) is 0 Å². The lowest BCUT2D eigenvalue weighted by atomic mass is 10.1. The molecule has 0 saturated heterocycles. The van der Waals surface area contributed by atoms with E-state index in [1.54, 1.807) is 12.4 Å². The predicted octanol–water partition coefficient (Wildman–Crippen LogP) is 5.31. The number of hydrogen-bond acceptors (Lipinski definition) is 3. The van der Waals surface area contributed by atoms with Gasteiger partial charge in [0.1, 0.15) is 0 Å². The number of amides is 1. The maximum absolute atomic E-state index is 12.6. The lowest BCUT2D eigenvalue weighted by molar-refractivity contribution is 0.102. The Bertz CT molecular complexity index is 943. The zero-order valence-electron chi connectivity index (χ0n) is 15.6. The second kappa shape index (κ2) is 7.40. The molecule has 0 aliphatic heterocycles. The summed E-state index contributed by atoms with van der Waals surface area (Å²) in [6.45, 7) is 8.15. The van der Waals surface area contributed by atoms with E-state index >= 15 is 0 Å². The fourth-order valence-electron chi connectivity index (χ4n) is 2.93. The molecule has 1 heterocycles. The number of pyridine rings is 1. The zero-order chi connectivity index (χ0) is 18.7. The molecule has 0 fully saturated rings. The molecule has 0 atom stereocenters. The third kappa shape index (κ3) is 4.09. The molecule has 132 valence electrons. The van der Waals surface area contributed by atoms with Gasteiger partial charge in [-0.25, -0.2) is 0 Å². The van der Waals surface area contributed by atoms with Gasteiger partial charge in [0.2, 0.25) is 0 Å².